The summed E-state index contributed by atoms with van der Waals surface area (Å²) < 4.78 is 16.0. The molecular formula is C17H29ClN2O4. The van der Waals surface area contributed by atoms with Crippen molar-refractivity contribution in [2.45, 2.75) is 45.2 Å². The van der Waals surface area contributed by atoms with E-state index in [-0.39, 0.29) is 24.4 Å². The maximum absolute atomic E-state index is 12.3. The summed E-state index contributed by atoms with van der Waals surface area (Å²) in [7, 11) is 4.67. The van der Waals surface area contributed by atoms with Gasteiger partial charge < -0.3 is 25.3 Å². The van der Waals surface area contributed by atoms with Crippen LogP contribution in [0.15, 0.2) is 12.1 Å². The van der Waals surface area contributed by atoms with Crippen LogP contribution in [-0.4, -0.2) is 32.8 Å². The lowest BCUT2D eigenvalue weighted by atomic mass is 9.95. The summed E-state index contributed by atoms with van der Waals surface area (Å²) >= 11 is 0. The van der Waals surface area contributed by atoms with Gasteiger partial charge in [-0.15, -0.1) is 12.4 Å². The highest BCUT2D eigenvalue weighted by molar-refractivity contribution is 5.86. The molecule has 0 aromatic heterocycles. The lowest BCUT2D eigenvalue weighted by Gasteiger charge is -2.26. The zero-order valence-corrected chi connectivity index (χ0v) is 16.1. The van der Waals surface area contributed by atoms with Crippen molar-refractivity contribution in [3.8, 4) is 17.2 Å². The van der Waals surface area contributed by atoms with Crippen molar-refractivity contribution in [1.82, 2.24) is 5.32 Å². The van der Waals surface area contributed by atoms with Gasteiger partial charge in [0.1, 0.15) is 0 Å². The second-order valence-electron chi connectivity index (χ2n) is 5.82. The number of amides is 1. The highest BCUT2D eigenvalue weighted by Crippen LogP contribution is 2.39. The normalized spacial score (nSPS) is 14.0. The molecule has 0 spiro atoms. The molecule has 0 fully saturated rings. The molecule has 1 amide bonds. The summed E-state index contributed by atoms with van der Waals surface area (Å²) in [6.45, 7) is 5.63. The van der Waals surface area contributed by atoms with Crippen molar-refractivity contribution in [2.75, 3.05) is 21.3 Å². The van der Waals surface area contributed by atoms with Crippen LogP contribution < -0.4 is 25.3 Å². The Morgan fingerprint density at radius 2 is 1.71 bits per heavy atom. The first-order valence-electron chi connectivity index (χ1n) is 7.70. The van der Waals surface area contributed by atoms with Gasteiger partial charge in [0.05, 0.1) is 32.9 Å². The van der Waals surface area contributed by atoms with E-state index in [2.05, 4.69) is 5.32 Å². The Balaban J connectivity index is 0.00000529. The fraction of sp³-hybridized carbons (Fsp3) is 0.588. The molecule has 0 radical (unpaired) electrons. The molecule has 1 aromatic rings. The summed E-state index contributed by atoms with van der Waals surface area (Å²) in [5.74, 6) is 1.44. The summed E-state index contributed by atoms with van der Waals surface area (Å²) in [4.78, 5) is 12.3. The Hall–Kier alpha value is -1.66. The zero-order chi connectivity index (χ0) is 17.6. The predicted molar refractivity (Wildman–Crippen MR) is 97.4 cm³/mol. The molecule has 0 aliphatic carbocycles. The highest BCUT2D eigenvalue weighted by atomic mass is 35.5. The maximum Gasteiger partial charge on any atom is 0.240 e. The first-order chi connectivity index (χ1) is 10.8. The fourth-order valence-corrected chi connectivity index (χ4v) is 2.43. The van der Waals surface area contributed by atoms with Crippen molar-refractivity contribution in [2.24, 2.45) is 5.73 Å². The second kappa shape index (κ2) is 9.59. The molecule has 2 unspecified atom stereocenters. The molecular weight excluding hydrogens is 332 g/mol. The number of hydrogen-bond acceptors (Lipinski definition) is 5. The van der Waals surface area contributed by atoms with Gasteiger partial charge in [0.25, 0.3) is 0 Å². The molecule has 7 heteroatoms. The van der Waals surface area contributed by atoms with Crippen LogP contribution in [0, 0.1) is 0 Å². The number of carbonyl (C=O) groups excluding carboxylic acids is 1. The van der Waals surface area contributed by atoms with E-state index in [1.807, 2.05) is 26.0 Å². The van der Waals surface area contributed by atoms with Gasteiger partial charge in [-0.2, -0.15) is 0 Å². The topological polar surface area (TPSA) is 82.8 Å². The number of benzene rings is 1. The summed E-state index contributed by atoms with van der Waals surface area (Å²) in [5, 5.41) is 2.95. The molecule has 2 atom stereocenters. The molecule has 0 aliphatic rings. The Labute approximate surface area is 150 Å². The van der Waals surface area contributed by atoms with Crippen LogP contribution >= 0.6 is 12.4 Å². The van der Waals surface area contributed by atoms with E-state index >= 15 is 0 Å². The first-order valence-corrected chi connectivity index (χ1v) is 7.70. The van der Waals surface area contributed by atoms with Gasteiger partial charge in [-0.25, -0.2) is 0 Å². The average molecular weight is 361 g/mol. The molecule has 6 nitrogen and oxygen atoms in total. The number of nitrogens with one attached hydrogen (secondary N) is 1. The minimum atomic E-state index is -0.885. The number of rotatable bonds is 8. The summed E-state index contributed by atoms with van der Waals surface area (Å²) in [6.07, 6.45) is 1.47. The molecule has 24 heavy (non-hydrogen) atoms. The molecule has 0 saturated carbocycles. The Kier molecular flexibility index (Phi) is 8.93. The van der Waals surface area contributed by atoms with Gasteiger partial charge in [0.15, 0.2) is 11.5 Å². The highest BCUT2D eigenvalue weighted by Gasteiger charge is 2.28. The smallest absolute Gasteiger partial charge is 0.240 e. The van der Waals surface area contributed by atoms with Crippen LogP contribution in [0.2, 0.25) is 0 Å². The average Bonchev–Trinajstić information content (AvgIpc) is 2.52. The third-order valence-corrected chi connectivity index (χ3v) is 3.82. The summed E-state index contributed by atoms with van der Waals surface area (Å²) in [6, 6.07) is 3.40. The van der Waals surface area contributed by atoms with Crippen LogP contribution in [0.4, 0.5) is 0 Å². The van der Waals surface area contributed by atoms with Gasteiger partial charge in [-0.1, -0.05) is 13.3 Å². The molecule has 1 aromatic carbocycles. The van der Waals surface area contributed by atoms with E-state index < -0.39 is 5.54 Å². The standard InChI is InChI=1S/C17H28N2O4.ClH/c1-7-8-17(3,18)16(20)19-11(2)12-9-13(21-4)15(23-6)14(10-12)22-5;/h9-11H,7-8,18H2,1-6H3,(H,19,20);1H. The van der Waals surface area contributed by atoms with Crippen molar-refractivity contribution in [3.05, 3.63) is 17.7 Å². The fourth-order valence-electron chi connectivity index (χ4n) is 2.43. The van der Waals surface area contributed by atoms with E-state index in [0.29, 0.717) is 23.7 Å². The maximum atomic E-state index is 12.3. The van der Waals surface area contributed by atoms with Crippen molar-refractivity contribution < 1.29 is 19.0 Å². The van der Waals surface area contributed by atoms with E-state index in [9.17, 15) is 4.79 Å². The van der Waals surface area contributed by atoms with Crippen LogP contribution in [-0.2, 0) is 4.79 Å². The van der Waals surface area contributed by atoms with Crippen molar-refractivity contribution in [1.29, 1.82) is 0 Å². The van der Waals surface area contributed by atoms with Crippen LogP contribution in [0.5, 0.6) is 17.2 Å². The minimum absolute atomic E-state index is 0. The molecule has 0 saturated heterocycles. The van der Waals surface area contributed by atoms with Crippen LogP contribution in [0.1, 0.15) is 45.2 Å². The zero-order valence-electron chi connectivity index (χ0n) is 15.3. The number of nitrogens with two attached hydrogens (primary N) is 1. The number of hydrogen-bond donors (Lipinski definition) is 2. The van der Waals surface area contributed by atoms with Gasteiger partial charge in [0, 0.05) is 0 Å². The van der Waals surface area contributed by atoms with Crippen molar-refractivity contribution in [3.63, 3.8) is 0 Å². The van der Waals surface area contributed by atoms with E-state index in [1.54, 1.807) is 28.3 Å². The van der Waals surface area contributed by atoms with Gasteiger partial charge in [-0.05, 0) is 38.0 Å². The van der Waals surface area contributed by atoms with Gasteiger partial charge in [0.2, 0.25) is 11.7 Å². The minimum Gasteiger partial charge on any atom is -0.493 e. The molecule has 1 rings (SSSR count). The molecule has 0 heterocycles. The van der Waals surface area contributed by atoms with Crippen LogP contribution in [0.25, 0.3) is 0 Å². The number of ether oxygens (including phenoxy) is 3. The van der Waals surface area contributed by atoms with Crippen LogP contribution in [0.3, 0.4) is 0 Å². The lowest BCUT2D eigenvalue weighted by Crippen LogP contribution is -2.52. The number of halogens is 1. The molecule has 3 N–H and O–H groups in total. The number of carbonyl (C=O) groups is 1. The van der Waals surface area contributed by atoms with Gasteiger partial charge in [-0.3, -0.25) is 4.79 Å². The number of methoxy groups -OCH3 is 3. The predicted octanol–water partition coefficient (Wildman–Crippen LogP) is 2.83. The van der Waals surface area contributed by atoms with E-state index in [4.69, 9.17) is 19.9 Å². The van der Waals surface area contributed by atoms with Gasteiger partial charge >= 0.3 is 0 Å². The molecule has 0 aliphatic heterocycles. The van der Waals surface area contributed by atoms with E-state index in [0.717, 1.165) is 12.0 Å². The SMILES string of the molecule is CCCC(C)(N)C(=O)NC(C)c1cc(OC)c(OC)c(OC)c1.Cl. The molecule has 138 valence electrons. The Morgan fingerprint density at radius 1 is 1.21 bits per heavy atom. The monoisotopic (exact) mass is 360 g/mol. The third kappa shape index (κ3) is 5.18. The molecule has 0 bridgehead atoms. The first kappa shape index (κ1) is 22.3. The van der Waals surface area contributed by atoms with E-state index in [1.165, 1.54) is 0 Å². The Morgan fingerprint density at radius 3 is 2.08 bits per heavy atom. The third-order valence-electron chi connectivity index (χ3n) is 3.82. The quantitative estimate of drug-likeness (QED) is 0.744. The summed E-state index contributed by atoms with van der Waals surface area (Å²) in [5.41, 5.74) is 6.04. The van der Waals surface area contributed by atoms with Crippen molar-refractivity contribution >= 4 is 18.3 Å². The second-order valence-corrected chi connectivity index (χ2v) is 5.82. The lowest BCUT2D eigenvalue weighted by molar-refractivity contribution is -0.126. The Bertz CT molecular complexity index is 524. The largest absolute Gasteiger partial charge is 0.493 e.